The average Bonchev–Trinajstić information content (AvgIpc) is 1.96. The minimum absolute atomic E-state index is 0. The molecule has 0 saturated carbocycles. The summed E-state index contributed by atoms with van der Waals surface area (Å²) in [5.41, 5.74) is 0. The molecule has 4 heteroatoms. The molecule has 0 rings (SSSR count). The van der Waals surface area contributed by atoms with Crippen LogP contribution in [-0.2, 0) is 4.79 Å². The maximum Gasteiger partial charge on any atom is 0.327 e. The zero-order valence-corrected chi connectivity index (χ0v) is 13.0. The summed E-state index contributed by atoms with van der Waals surface area (Å²) in [5.74, 6) is -0.847. The van der Waals surface area contributed by atoms with E-state index in [9.17, 15) is 4.79 Å². The number of carboxylic acid groups (broad SMARTS) is 1. The number of hydrogen-bond donors (Lipinski definition) is 1. The minimum Gasteiger partial charge on any atom is -0.478 e. The molecule has 0 atom stereocenters. The summed E-state index contributed by atoms with van der Waals surface area (Å²) in [6.07, 6.45) is 8.62. The SMILES string of the molecule is CCCCCCC=CC(=O)O.[Na].[Na]. The number of aliphatic carboxylic acids is 1. The summed E-state index contributed by atoms with van der Waals surface area (Å²) >= 11 is 0. The zero-order chi connectivity index (χ0) is 8.53. The van der Waals surface area contributed by atoms with Crippen molar-refractivity contribution in [3.63, 3.8) is 0 Å². The number of carbonyl (C=O) groups is 1. The normalized spacial score (nSPS) is 9.00. The Labute approximate surface area is 125 Å². The molecular weight excluding hydrogens is 186 g/mol. The Balaban J connectivity index is -0.000000500. The Hall–Kier alpha value is 1.21. The first kappa shape index (κ1) is 19.7. The summed E-state index contributed by atoms with van der Waals surface area (Å²) in [4.78, 5) is 10.0. The van der Waals surface area contributed by atoms with Gasteiger partial charge < -0.3 is 5.11 Å². The van der Waals surface area contributed by atoms with Gasteiger partial charge in [-0.2, -0.15) is 0 Å². The van der Waals surface area contributed by atoms with Crippen molar-refractivity contribution in [2.75, 3.05) is 0 Å². The van der Waals surface area contributed by atoms with Gasteiger partial charge in [-0.25, -0.2) is 4.79 Å². The second kappa shape index (κ2) is 15.7. The van der Waals surface area contributed by atoms with Crippen molar-refractivity contribution in [2.24, 2.45) is 0 Å². The summed E-state index contributed by atoms with van der Waals surface area (Å²) < 4.78 is 0. The molecule has 0 saturated heterocycles. The van der Waals surface area contributed by atoms with Crippen LogP contribution in [0.3, 0.4) is 0 Å². The van der Waals surface area contributed by atoms with Gasteiger partial charge in [0.25, 0.3) is 0 Å². The van der Waals surface area contributed by atoms with Gasteiger partial charge in [-0.15, -0.1) is 0 Å². The maximum atomic E-state index is 10.0. The predicted octanol–water partition coefficient (Wildman–Crippen LogP) is 1.84. The van der Waals surface area contributed by atoms with Crippen molar-refractivity contribution >= 4 is 65.1 Å². The Morgan fingerprint density at radius 2 is 1.85 bits per heavy atom. The standard InChI is InChI=1S/C9H16O2.2Na/c1-2-3-4-5-6-7-8-9(10)11;;/h7-8H,2-6H2,1H3,(H,10,11);;. The fourth-order valence-electron chi connectivity index (χ4n) is 0.873. The van der Waals surface area contributed by atoms with Gasteiger partial charge in [0.1, 0.15) is 0 Å². The van der Waals surface area contributed by atoms with Gasteiger partial charge >= 0.3 is 5.97 Å². The molecule has 0 heterocycles. The third-order valence-electron chi connectivity index (χ3n) is 1.48. The van der Waals surface area contributed by atoms with Crippen LogP contribution in [0.5, 0.6) is 0 Å². The molecule has 0 fully saturated rings. The molecule has 0 aliphatic heterocycles. The van der Waals surface area contributed by atoms with Crippen LogP contribution in [0.15, 0.2) is 12.2 Å². The summed E-state index contributed by atoms with van der Waals surface area (Å²) in [7, 11) is 0. The molecule has 0 aliphatic carbocycles. The van der Waals surface area contributed by atoms with Crippen molar-refractivity contribution in [3.05, 3.63) is 12.2 Å². The van der Waals surface area contributed by atoms with E-state index in [-0.39, 0.29) is 59.1 Å². The smallest absolute Gasteiger partial charge is 0.327 e. The van der Waals surface area contributed by atoms with Crippen molar-refractivity contribution in [3.8, 4) is 0 Å². The molecule has 0 bridgehead atoms. The van der Waals surface area contributed by atoms with E-state index in [1.54, 1.807) is 6.08 Å². The Bertz CT molecular complexity index is 136. The largest absolute Gasteiger partial charge is 0.478 e. The topological polar surface area (TPSA) is 37.3 Å². The van der Waals surface area contributed by atoms with Crippen molar-refractivity contribution in [2.45, 2.75) is 39.0 Å². The van der Waals surface area contributed by atoms with Gasteiger partial charge in [-0.05, 0) is 12.8 Å². The van der Waals surface area contributed by atoms with E-state index >= 15 is 0 Å². The summed E-state index contributed by atoms with van der Waals surface area (Å²) in [5, 5.41) is 8.23. The molecule has 0 aromatic rings. The van der Waals surface area contributed by atoms with E-state index in [1.807, 2.05) is 0 Å². The van der Waals surface area contributed by atoms with E-state index in [1.165, 1.54) is 25.3 Å². The van der Waals surface area contributed by atoms with E-state index in [0.29, 0.717) is 0 Å². The second-order valence-electron chi connectivity index (χ2n) is 2.59. The molecular formula is C9H16Na2O2. The molecule has 0 aromatic carbocycles. The van der Waals surface area contributed by atoms with Gasteiger partial charge in [-0.3, -0.25) is 0 Å². The van der Waals surface area contributed by atoms with Gasteiger partial charge in [0.15, 0.2) is 0 Å². The minimum atomic E-state index is -0.847. The molecule has 0 unspecified atom stereocenters. The van der Waals surface area contributed by atoms with Crippen LogP contribution < -0.4 is 0 Å². The van der Waals surface area contributed by atoms with Crippen LogP contribution in [0.2, 0.25) is 0 Å². The summed E-state index contributed by atoms with van der Waals surface area (Å²) in [6.45, 7) is 2.16. The van der Waals surface area contributed by atoms with Crippen molar-refractivity contribution in [1.29, 1.82) is 0 Å². The van der Waals surface area contributed by atoms with E-state index in [4.69, 9.17) is 5.11 Å². The fraction of sp³-hybridized carbons (Fsp3) is 0.667. The Morgan fingerprint density at radius 3 is 2.31 bits per heavy atom. The molecule has 2 nitrogen and oxygen atoms in total. The fourth-order valence-corrected chi connectivity index (χ4v) is 0.873. The van der Waals surface area contributed by atoms with Gasteiger partial charge in [0, 0.05) is 65.2 Å². The molecule has 0 amide bonds. The number of allylic oxidation sites excluding steroid dienone is 1. The Kier molecular flexibility index (Phi) is 23.8. The third-order valence-corrected chi connectivity index (χ3v) is 1.48. The maximum absolute atomic E-state index is 10.0. The van der Waals surface area contributed by atoms with E-state index in [2.05, 4.69) is 6.92 Å². The van der Waals surface area contributed by atoms with Crippen LogP contribution in [0, 0.1) is 0 Å². The van der Waals surface area contributed by atoms with Crippen LogP contribution in [0.1, 0.15) is 39.0 Å². The summed E-state index contributed by atoms with van der Waals surface area (Å²) in [6, 6.07) is 0. The van der Waals surface area contributed by atoms with Crippen LogP contribution >= 0.6 is 0 Å². The monoisotopic (exact) mass is 202 g/mol. The molecule has 2 radical (unpaired) electrons. The third kappa shape index (κ3) is 19.6. The molecule has 0 spiro atoms. The first-order valence-electron chi connectivity index (χ1n) is 4.17. The number of rotatable bonds is 6. The zero-order valence-electron chi connectivity index (χ0n) is 9.05. The van der Waals surface area contributed by atoms with E-state index in [0.717, 1.165) is 12.8 Å². The Morgan fingerprint density at radius 1 is 1.23 bits per heavy atom. The average molecular weight is 202 g/mol. The molecule has 1 N–H and O–H groups in total. The van der Waals surface area contributed by atoms with Crippen LogP contribution in [0.4, 0.5) is 0 Å². The van der Waals surface area contributed by atoms with Crippen molar-refractivity contribution < 1.29 is 9.90 Å². The van der Waals surface area contributed by atoms with E-state index < -0.39 is 5.97 Å². The van der Waals surface area contributed by atoms with Gasteiger partial charge in [0.05, 0.1) is 0 Å². The second-order valence-corrected chi connectivity index (χ2v) is 2.59. The quantitative estimate of drug-likeness (QED) is 0.405. The van der Waals surface area contributed by atoms with Crippen LogP contribution in [-0.4, -0.2) is 70.2 Å². The van der Waals surface area contributed by atoms with Crippen LogP contribution in [0.25, 0.3) is 0 Å². The van der Waals surface area contributed by atoms with Gasteiger partial charge in [-0.1, -0.05) is 32.3 Å². The number of carboxylic acids is 1. The predicted molar refractivity (Wildman–Crippen MR) is 57.0 cm³/mol. The number of unbranched alkanes of at least 4 members (excludes halogenated alkanes) is 4. The number of hydrogen-bond acceptors (Lipinski definition) is 1. The molecule has 0 aliphatic rings. The van der Waals surface area contributed by atoms with Crippen molar-refractivity contribution in [1.82, 2.24) is 0 Å². The first-order valence-corrected chi connectivity index (χ1v) is 4.17. The molecule has 0 aromatic heterocycles. The first-order chi connectivity index (χ1) is 5.27. The molecule has 13 heavy (non-hydrogen) atoms. The molecule has 66 valence electrons. The van der Waals surface area contributed by atoms with Gasteiger partial charge in [0.2, 0.25) is 0 Å².